The van der Waals surface area contributed by atoms with E-state index in [9.17, 15) is 9.50 Å². The van der Waals surface area contributed by atoms with Gasteiger partial charge in [0.05, 0.1) is 6.61 Å². The van der Waals surface area contributed by atoms with Crippen molar-refractivity contribution in [1.29, 1.82) is 0 Å². The van der Waals surface area contributed by atoms with E-state index in [1.807, 2.05) is 0 Å². The zero-order valence-corrected chi connectivity index (χ0v) is 17.5. The lowest BCUT2D eigenvalue weighted by Crippen LogP contribution is -2.35. The number of aryl methyl sites for hydroxylation is 1. The molecule has 0 radical (unpaired) electrons. The van der Waals surface area contributed by atoms with Gasteiger partial charge >= 0.3 is 0 Å². The molecular formula is C25H37FO2. The Morgan fingerprint density at radius 2 is 1.57 bits per heavy atom. The molecule has 1 aromatic carbocycles. The fourth-order valence-electron chi connectivity index (χ4n) is 6.27. The predicted molar refractivity (Wildman–Crippen MR) is 111 cm³/mol. The molecule has 156 valence electrons. The number of aliphatic hydroxyl groups excluding tert-OH is 1. The van der Waals surface area contributed by atoms with Gasteiger partial charge in [0.25, 0.3) is 0 Å². The van der Waals surface area contributed by atoms with Crippen LogP contribution < -0.4 is 4.74 Å². The summed E-state index contributed by atoms with van der Waals surface area (Å²) in [6, 6.07) is 3.28. The number of hydrogen-bond donors (Lipinski definition) is 1. The third-order valence-corrected chi connectivity index (χ3v) is 7.97. The zero-order chi connectivity index (χ0) is 19.5. The molecule has 1 unspecified atom stereocenters. The molecule has 3 heteroatoms. The number of halogens is 1. The van der Waals surface area contributed by atoms with E-state index in [0.717, 1.165) is 36.2 Å². The number of aliphatic hydroxyl groups is 1. The molecule has 0 aromatic heterocycles. The van der Waals surface area contributed by atoms with Crippen molar-refractivity contribution in [1.82, 2.24) is 0 Å². The summed E-state index contributed by atoms with van der Waals surface area (Å²) >= 11 is 0. The summed E-state index contributed by atoms with van der Waals surface area (Å²) in [5, 5.41) is 9.27. The van der Waals surface area contributed by atoms with Crippen LogP contribution in [-0.4, -0.2) is 11.2 Å². The van der Waals surface area contributed by atoms with Crippen LogP contribution in [0.1, 0.15) is 88.7 Å². The van der Waals surface area contributed by atoms with Crippen molar-refractivity contribution in [3.63, 3.8) is 0 Å². The van der Waals surface area contributed by atoms with Gasteiger partial charge in [0.2, 0.25) is 0 Å². The van der Waals surface area contributed by atoms with Gasteiger partial charge in [-0.2, -0.15) is 0 Å². The maximum atomic E-state index is 14.0. The molecule has 1 aliphatic heterocycles. The van der Waals surface area contributed by atoms with Crippen LogP contribution in [-0.2, 0) is 13.0 Å². The fourth-order valence-corrected chi connectivity index (χ4v) is 6.27. The van der Waals surface area contributed by atoms with Crippen molar-refractivity contribution >= 4 is 0 Å². The normalized spacial score (nSPS) is 33.2. The largest absolute Gasteiger partial charge is 0.490 e. The third kappa shape index (κ3) is 4.40. The summed E-state index contributed by atoms with van der Waals surface area (Å²) < 4.78 is 20.3. The molecule has 2 fully saturated rings. The van der Waals surface area contributed by atoms with Gasteiger partial charge in [-0.25, -0.2) is 4.39 Å². The highest BCUT2D eigenvalue weighted by Crippen LogP contribution is 2.44. The lowest BCUT2D eigenvalue weighted by molar-refractivity contribution is 0.0595. The summed E-state index contributed by atoms with van der Waals surface area (Å²) in [6.07, 6.45) is 16.1. The first kappa shape index (κ1) is 20.2. The Hall–Kier alpha value is -1.09. The molecule has 0 saturated heterocycles. The molecule has 3 aliphatic rings. The Kier molecular flexibility index (Phi) is 6.60. The van der Waals surface area contributed by atoms with Crippen molar-refractivity contribution in [2.24, 2.45) is 23.7 Å². The second-order valence-electron chi connectivity index (χ2n) is 9.65. The van der Waals surface area contributed by atoms with Crippen LogP contribution in [0.15, 0.2) is 12.1 Å². The van der Waals surface area contributed by atoms with E-state index in [4.69, 9.17) is 4.74 Å². The van der Waals surface area contributed by atoms with Gasteiger partial charge in [0.15, 0.2) is 0 Å². The maximum absolute atomic E-state index is 14.0. The Bertz CT molecular complexity index is 642. The average molecular weight is 389 g/mol. The Morgan fingerprint density at radius 3 is 2.21 bits per heavy atom. The van der Waals surface area contributed by atoms with Crippen molar-refractivity contribution in [3.05, 3.63) is 29.1 Å². The highest BCUT2D eigenvalue weighted by Gasteiger charge is 2.35. The molecule has 1 heterocycles. The van der Waals surface area contributed by atoms with E-state index in [2.05, 4.69) is 6.92 Å². The molecule has 0 amide bonds. The molecule has 1 aromatic rings. The molecular weight excluding hydrogens is 351 g/mol. The van der Waals surface area contributed by atoms with Gasteiger partial charge < -0.3 is 9.84 Å². The van der Waals surface area contributed by atoms with E-state index in [1.54, 1.807) is 6.07 Å². The first-order valence-electron chi connectivity index (χ1n) is 11.8. The lowest BCUT2D eigenvalue weighted by Gasteiger charge is -2.40. The molecule has 2 aliphatic carbocycles. The van der Waals surface area contributed by atoms with Crippen LogP contribution in [0.3, 0.4) is 0 Å². The van der Waals surface area contributed by atoms with Crippen molar-refractivity contribution in [2.45, 2.75) is 96.7 Å². The number of rotatable bonds is 5. The monoisotopic (exact) mass is 388 g/mol. The second kappa shape index (κ2) is 9.15. The molecule has 2 nitrogen and oxygen atoms in total. The maximum Gasteiger partial charge on any atom is 0.132 e. The Balaban J connectivity index is 1.28. The number of ether oxygens (including phenoxy) is 1. The topological polar surface area (TPSA) is 29.5 Å². The van der Waals surface area contributed by atoms with Crippen LogP contribution in [0.2, 0.25) is 0 Å². The van der Waals surface area contributed by atoms with Gasteiger partial charge in [-0.3, -0.25) is 0 Å². The van der Waals surface area contributed by atoms with Gasteiger partial charge in [0.1, 0.15) is 17.7 Å². The van der Waals surface area contributed by atoms with Crippen LogP contribution in [0.4, 0.5) is 4.39 Å². The fraction of sp³-hybridized carbons (Fsp3) is 0.760. The highest BCUT2D eigenvalue weighted by molar-refractivity contribution is 5.39. The van der Waals surface area contributed by atoms with E-state index < -0.39 is 0 Å². The molecule has 2 saturated carbocycles. The van der Waals surface area contributed by atoms with E-state index in [1.165, 1.54) is 70.3 Å². The third-order valence-electron chi connectivity index (χ3n) is 7.97. The van der Waals surface area contributed by atoms with Crippen LogP contribution in [0.25, 0.3) is 0 Å². The van der Waals surface area contributed by atoms with E-state index in [-0.39, 0.29) is 18.5 Å². The lowest BCUT2D eigenvalue weighted by atomic mass is 9.67. The highest BCUT2D eigenvalue weighted by atomic mass is 19.1. The first-order valence-corrected chi connectivity index (χ1v) is 11.8. The summed E-state index contributed by atoms with van der Waals surface area (Å²) in [4.78, 5) is 0. The van der Waals surface area contributed by atoms with E-state index in [0.29, 0.717) is 17.2 Å². The average Bonchev–Trinajstić information content (AvgIpc) is 2.74. The van der Waals surface area contributed by atoms with Crippen LogP contribution in [0, 0.1) is 29.5 Å². The molecule has 4 rings (SSSR count). The smallest absolute Gasteiger partial charge is 0.132 e. The molecule has 1 N–H and O–H groups in total. The Labute approximate surface area is 169 Å². The predicted octanol–water partition coefficient (Wildman–Crippen LogP) is 6.42. The van der Waals surface area contributed by atoms with Crippen molar-refractivity contribution < 1.29 is 14.2 Å². The van der Waals surface area contributed by atoms with Crippen LogP contribution >= 0.6 is 0 Å². The standard InChI is InChI=1S/C25H37FO2/c1-2-3-17-4-6-18(7-5-17)19-8-10-20(11-9-19)24-13-12-21-14-22(16-27)23(26)15-25(21)28-24/h14-15,17-20,24,27H,2-13,16H2,1H3. The molecule has 1 atom stereocenters. The quantitative estimate of drug-likeness (QED) is 0.630. The minimum Gasteiger partial charge on any atom is -0.490 e. The molecule has 0 bridgehead atoms. The van der Waals surface area contributed by atoms with Gasteiger partial charge in [-0.05, 0) is 86.7 Å². The minimum absolute atomic E-state index is 0.243. The summed E-state index contributed by atoms with van der Waals surface area (Å²) in [5.41, 5.74) is 1.44. The van der Waals surface area contributed by atoms with E-state index >= 15 is 0 Å². The molecule has 0 spiro atoms. The van der Waals surface area contributed by atoms with Gasteiger partial charge in [-0.1, -0.05) is 32.6 Å². The van der Waals surface area contributed by atoms with Crippen molar-refractivity contribution in [3.8, 4) is 5.75 Å². The summed E-state index contributed by atoms with van der Waals surface area (Å²) in [7, 11) is 0. The SMILES string of the molecule is CCCC1CCC(C2CCC(C3CCc4cc(CO)c(F)cc4O3)CC2)CC1. The minimum atomic E-state index is -0.343. The summed E-state index contributed by atoms with van der Waals surface area (Å²) in [6.45, 7) is 2.08. The number of fused-ring (bicyclic) bond motifs is 1. The Morgan fingerprint density at radius 1 is 0.929 bits per heavy atom. The second-order valence-corrected chi connectivity index (χ2v) is 9.65. The number of benzene rings is 1. The first-order chi connectivity index (χ1) is 13.7. The molecule has 28 heavy (non-hydrogen) atoms. The van der Waals surface area contributed by atoms with Crippen LogP contribution in [0.5, 0.6) is 5.75 Å². The van der Waals surface area contributed by atoms with Crippen molar-refractivity contribution in [2.75, 3.05) is 0 Å². The van der Waals surface area contributed by atoms with Gasteiger partial charge in [-0.15, -0.1) is 0 Å². The summed E-state index contributed by atoms with van der Waals surface area (Å²) in [5.74, 6) is 3.89. The number of hydrogen-bond acceptors (Lipinski definition) is 2. The van der Waals surface area contributed by atoms with Gasteiger partial charge in [0, 0.05) is 11.6 Å². The zero-order valence-electron chi connectivity index (χ0n) is 17.5.